The van der Waals surface area contributed by atoms with Gasteiger partial charge < -0.3 is 14.8 Å². The highest BCUT2D eigenvalue weighted by Gasteiger charge is 2.06. The van der Waals surface area contributed by atoms with Crippen LogP contribution in [0.3, 0.4) is 0 Å². The highest BCUT2D eigenvalue weighted by atomic mass is 16.3. The predicted octanol–water partition coefficient (Wildman–Crippen LogP) is 4.33. The lowest BCUT2D eigenvalue weighted by molar-refractivity contribution is 0.199. The van der Waals surface area contributed by atoms with Gasteiger partial charge in [0.15, 0.2) is 0 Å². The molecular weight excluding hydrogens is 298 g/mol. The van der Waals surface area contributed by atoms with E-state index in [9.17, 15) is 5.11 Å². The van der Waals surface area contributed by atoms with Crippen LogP contribution >= 0.6 is 0 Å². The van der Waals surface area contributed by atoms with E-state index in [2.05, 4.69) is 29.6 Å². The van der Waals surface area contributed by atoms with Gasteiger partial charge in [-0.3, -0.25) is 0 Å². The zero-order chi connectivity index (χ0) is 16.8. The lowest BCUT2D eigenvalue weighted by Crippen LogP contribution is -2.16. The molecule has 124 valence electrons. The van der Waals surface area contributed by atoms with Gasteiger partial charge in [0.2, 0.25) is 0 Å². The number of benzene rings is 2. The van der Waals surface area contributed by atoms with Crippen molar-refractivity contribution in [3.05, 3.63) is 83.6 Å². The molecule has 1 atom stereocenters. The van der Waals surface area contributed by atoms with Crippen LogP contribution in [0.15, 0.2) is 71.1 Å². The molecule has 1 heterocycles. The first kappa shape index (κ1) is 16.5. The van der Waals surface area contributed by atoms with Gasteiger partial charge in [-0.15, -0.1) is 0 Å². The van der Waals surface area contributed by atoms with Crippen LogP contribution in [-0.4, -0.2) is 11.7 Å². The van der Waals surface area contributed by atoms with Gasteiger partial charge >= 0.3 is 0 Å². The quantitative estimate of drug-likeness (QED) is 0.637. The zero-order valence-corrected chi connectivity index (χ0v) is 13.9. The predicted molar refractivity (Wildman–Crippen MR) is 96.6 cm³/mol. The summed E-state index contributed by atoms with van der Waals surface area (Å²) in [6.45, 7) is 3.41. The first-order chi connectivity index (χ1) is 11.7. The molecule has 0 unspecified atom stereocenters. The van der Waals surface area contributed by atoms with Crippen LogP contribution in [0.25, 0.3) is 11.3 Å². The molecule has 3 heteroatoms. The lowest BCUT2D eigenvalue weighted by Gasteiger charge is -2.05. The normalized spacial score (nSPS) is 12.2. The Morgan fingerprint density at radius 2 is 1.71 bits per heavy atom. The van der Waals surface area contributed by atoms with E-state index in [1.807, 2.05) is 42.5 Å². The molecule has 0 fully saturated rings. The second-order valence-corrected chi connectivity index (χ2v) is 5.98. The highest BCUT2D eigenvalue weighted by molar-refractivity contribution is 5.58. The fourth-order valence-electron chi connectivity index (χ4n) is 2.64. The third kappa shape index (κ3) is 4.34. The molecule has 0 spiro atoms. The van der Waals surface area contributed by atoms with Crippen LogP contribution in [-0.2, 0) is 13.0 Å². The minimum atomic E-state index is -0.444. The van der Waals surface area contributed by atoms with E-state index in [1.165, 1.54) is 5.56 Å². The molecule has 0 bridgehead atoms. The van der Waals surface area contributed by atoms with Gasteiger partial charge in [-0.1, -0.05) is 54.6 Å². The minimum Gasteiger partial charge on any atom is -0.460 e. The summed E-state index contributed by atoms with van der Waals surface area (Å²) in [6.07, 6.45) is 0.565. The Morgan fingerprint density at radius 3 is 2.42 bits per heavy atom. The average molecular weight is 321 g/mol. The summed E-state index contributed by atoms with van der Waals surface area (Å²) in [7, 11) is 0. The van der Waals surface area contributed by atoms with E-state index in [0.29, 0.717) is 0 Å². The molecule has 2 aromatic carbocycles. The van der Waals surface area contributed by atoms with Crippen LogP contribution in [0.2, 0.25) is 0 Å². The Hall–Kier alpha value is -2.36. The number of hydrogen-bond donors (Lipinski definition) is 2. The Balaban J connectivity index is 1.52. The van der Waals surface area contributed by atoms with E-state index < -0.39 is 6.10 Å². The number of hydrogen-bond acceptors (Lipinski definition) is 3. The first-order valence-corrected chi connectivity index (χ1v) is 8.34. The SMILES string of the molecule is C[C@H](O)c1ccc(-c2ccc(CNCCc3ccccc3)o2)cc1. The molecule has 0 aliphatic heterocycles. The molecule has 3 aromatic rings. The molecule has 24 heavy (non-hydrogen) atoms. The van der Waals surface area contributed by atoms with Crippen molar-refractivity contribution in [3.63, 3.8) is 0 Å². The van der Waals surface area contributed by atoms with Gasteiger partial charge in [-0.2, -0.15) is 0 Å². The Bertz CT molecular complexity index is 745. The molecule has 3 nitrogen and oxygen atoms in total. The van der Waals surface area contributed by atoms with Gasteiger partial charge in [-0.25, -0.2) is 0 Å². The first-order valence-electron chi connectivity index (χ1n) is 8.34. The van der Waals surface area contributed by atoms with Crippen LogP contribution < -0.4 is 5.32 Å². The van der Waals surface area contributed by atoms with E-state index in [-0.39, 0.29) is 0 Å². The molecule has 2 N–H and O–H groups in total. The number of furan rings is 1. The van der Waals surface area contributed by atoms with Crippen molar-refractivity contribution in [2.75, 3.05) is 6.54 Å². The van der Waals surface area contributed by atoms with Crippen molar-refractivity contribution in [3.8, 4) is 11.3 Å². The average Bonchev–Trinajstić information content (AvgIpc) is 3.09. The smallest absolute Gasteiger partial charge is 0.134 e. The lowest BCUT2D eigenvalue weighted by atomic mass is 10.1. The van der Waals surface area contributed by atoms with Gasteiger partial charge in [0, 0.05) is 5.56 Å². The molecule has 0 radical (unpaired) electrons. The molecule has 0 saturated heterocycles. The van der Waals surface area contributed by atoms with E-state index in [0.717, 1.165) is 42.2 Å². The molecule has 3 rings (SSSR count). The largest absolute Gasteiger partial charge is 0.460 e. The van der Waals surface area contributed by atoms with Gasteiger partial charge in [0.05, 0.1) is 12.6 Å². The fourth-order valence-corrected chi connectivity index (χ4v) is 2.64. The summed E-state index contributed by atoms with van der Waals surface area (Å²) in [5.74, 6) is 1.78. The highest BCUT2D eigenvalue weighted by Crippen LogP contribution is 2.24. The standard InChI is InChI=1S/C21H23NO2/c1-16(23)18-7-9-19(10-8-18)21-12-11-20(24-21)15-22-14-13-17-5-3-2-4-6-17/h2-12,16,22-23H,13-15H2,1H3/t16-/m0/s1. The van der Waals surface area contributed by atoms with E-state index >= 15 is 0 Å². The Labute approximate surface area is 143 Å². The molecular formula is C21H23NO2. The van der Waals surface area contributed by atoms with Gasteiger partial charge in [0.25, 0.3) is 0 Å². The topological polar surface area (TPSA) is 45.4 Å². The van der Waals surface area contributed by atoms with Gasteiger partial charge in [0.1, 0.15) is 11.5 Å². The van der Waals surface area contributed by atoms with Gasteiger partial charge in [-0.05, 0) is 43.1 Å². The Morgan fingerprint density at radius 1 is 0.958 bits per heavy atom. The van der Waals surface area contributed by atoms with Crippen LogP contribution in [0.1, 0.15) is 29.9 Å². The van der Waals surface area contributed by atoms with Crippen molar-refractivity contribution >= 4 is 0 Å². The second-order valence-electron chi connectivity index (χ2n) is 5.98. The maximum absolute atomic E-state index is 9.56. The summed E-state index contributed by atoms with van der Waals surface area (Å²) in [6, 6.07) is 22.3. The van der Waals surface area contributed by atoms with Crippen molar-refractivity contribution < 1.29 is 9.52 Å². The third-order valence-corrected chi connectivity index (χ3v) is 4.07. The molecule has 0 aliphatic rings. The third-order valence-electron chi connectivity index (χ3n) is 4.07. The summed E-state index contributed by atoms with van der Waals surface area (Å²) >= 11 is 0. The number of aliphatic hydroxyl groups is 1. The zero-order valence-electron chi connectivity index (χ0n) is 13.9. The van der Waals surface area contributed by atoms with Crippen molar-refractivity contribution in [2.24, 2.45) is 0 Å². The van der Waals surface area contributed by atoms with Crippen LogP contribution in [0, 0.1) is 0 Å². The van der Waals surface area contributed by atoms with Crippen molar-refractivity contribution in [1.82, 2.24) is 5.32 Å². The summed E-state index contributed by atoms with van der Waals surface area (Å²) in [5.41, 5.74) is 3.27. The van der Waals surface area contributed by atoms with Crippen molar-refractivity contribution in [1.29, 1.82) is 0 Å². The van der Waals surface area contributed by atoms with Crippen LogP contribution in [0.5, 0.6) is 0 Å². The van der Waals surface area contributed by atoms with Crippen molar-refractivity contribution in [2.45, 2.75) is 26.0 Å². The number of aliphatic hydroxyl groups excluding tert-OH is 1. The summed E-state index contributed by atoms with van der Waals surface area (Å²) in [5, 5.41) is 13.0. The summed E-state index contributed by atoms with van der Waals surface area (Å²) < 4.78 is 5.90. The molecule has 1 aromatic heterocycles. The second kappa shape index (κ2) is 7.95. The fraction of sp³-hybridized carbons (Fsp3) is 0.238. The Kier molecular flexibility index (Phi) is 5.47. The summed E-state index contributed by atoms with van der Waals surface area (Å²) in [4.78, 5) is 0. The maximum atomic E-state index is 9.56. The number of rotatable bonds is 7. The number of nitrogens with one attached hydrogen (secondary N) is 1. The van der Waals surface area contributed by atoms with Crippen LogP contribution in [0.4, 0.5) is 0 Å². The van der Waals surface area contributed by atoms with E-state index in [1.54, 1.807) is 6.92 Å². The monoisotopic (exact) mass is 321 g/mol. The molecule has 0 aliphatic carbocycles. The molecule has 0 saturated carbocycles. The maximum Gasteiger partial charge on any atom is 0.134 e. The molecule has 0 amide bonds. The van der Waals surface area contributed by atoms with E-state index in [4.69, 9.17) is 4.42 Å². The minimum absolute atomic E-state index is 0.444.